The minimum absolute atomic E-state index is 0.330. The van der Waals surface area contributed by atoms with E-state index in [-0.39, 0.29) is 0 Å². The summed E-state index contributed by atoms with van der Waals surface area (Å²) in [7, 11) is 0. The van der Waals surface area contributed by atoms with E-state index in [1.165, 1.54) is 5.69 Å². The minimum Gasteiger partial charge on any atom is -0.388 e. The first-order valence-corrected chi connectivity index (χ1v) is 7.61. The molecule has 2 unspecified atom stereocenters. The first kappa shape index (κ1) is 14.5. The van der Waals surface area contributed by atoms with Gasteiger partial charge in [0, 0.05) is 18.8 Å². The molecule has 2 atom stereocenters. The van der Waals surface area contributed by atoms with Gasteiger partial charge in [0.25, 0.3) is 0 Å². The van der Waals surface area contributed by atoms with Crippen LogP contribution in [0.25, 0.3) is 0 Å². The molecule has 4 nitrogen and oxygen atoms in total. The lowest BCUT2D eigenvalue weighted by Gasteiger charge is -2.28. The van der Waals surface area contributed by atoms with Crippen molar-refractivity contribution in [3.63, 3.8) is 0 Å². The summed E-state index contributed by atoms with van der Waals surface area (Å²) in [4.78, 5) is 0. The fourth-order valence-electron chi connectivity index (χ4n) is 3.25. The maximum Gasteiger partial charge on any atom is 0.0798 e. The van der Waals surface area contributed by atoms with Crippen LogP contribution in [0.2, 0.25) is 0 Å². The molecular weight excluding hydrogens is 238 g/mol. The number of aliphatic hydroxyl groups is 1. The van der Waals surface area contributed by atoms with Crippen molar-refractivity contribution < 1.29 is 5.11 Å². The van der Waals surface area contributed by atoms with Crippen LogP contribution in [0.15, 0.2) is 6.07 Å². The first-order chi connectivity index (χ1) is 9.12. The van der Waals surface area contributed by atoms with Crippen LogP contribution in [0, 0.1) is 5.92 Å². The molecule has 2 rings (SSSR count). The third-order valence-electron chi connectivity index (χ3n) is 4.60. The van der Waals surface area contributed by atoms with Crippen molar-refractivity contribution in [1.29, 1.82) is 0 Å². The predicted octanol–water partition coefficient (Wildman–Crippen LogP) is 1.89. The highest BCUT2D eigenvalue weighted by molar-refractivity contribution is 5.10. The monoisotopic (exact) mass is 265 g/mol. The zero-order chi connectivity index (χ0) is 13.9. The molecule has 0 spiro atoms. The summed E-state index contributed by atoms with van der Waals surface area (Å²) in [5.74, 6) is 0.330. The van der Waals surface area contributed by atoms with Crippen LogP contribution < -0.4 is 5.73 Å². The lowest BCUT2D eigenvalue weighted by molar-refractivity contribution is 0.00621. The number of aryl methyl sites for hydroxylation is 3. The molecular formula is C15H27N3O. The van der Waals surface area contributed by atoms with Gasteiger partial charge in [-0.1, -0.05) is 20.3 Å². The summed E-state index contributed by atoms with van der Waals surface area (Å²) in [6, 6.07) is 2.20. The normalized spacial score (nSPS) is 27.1. The summed E-state index contributed by atoms with van der Waals surface area (Å²) < 4.78 is 2.12. The molecule has 3 N–H and O–H groups in total. The number of nitrogens with zero attached hydrogens (tertiary/aromatic N) is 2. The Morgan fingerprint density at radius 3 is 2.89 bits per heavy atom. The van der Waals surface area contributed by atoms with Crippen molar-refractivity contribution in [2.75, 3.05) is 6.54 Å². The van der Waals surface area contributed by atoms with Crippen molar-refractivity contribution in [1.82, 2.24) is 9.78 Å². The van der Waals surface area contributed by atoms with Gasteiger partial charge in [0.1, 0.15) is 0 Å². The van der Waals surface area contributed by atoms with Gasteiger partial charge >= 0.3 is 0 Å². The lowest BCUT2D eigenvalue weighted by Crippen LogP contribution is -2.41. The SMILES string of the molecule is CCc1cc(CC)n(CCC2CCCC2(O)CN)n1. The fraction of sp³-hybridized carbons (Fsp3) is 0.800. The molecule has 4 heteroatoms. The van der Waals surface area contributed by atoms with Gasteiger partial charge in [0.2, 0.25) is 0 Å². The van der Waals surface area contributed by atoms with Crippen LogP contribution >= 0.6 is 0 Å². The average molecular weight is 265 g/mol. The Hall–Kier alpha value is -0.870. The third kappa shape index (κ3) is 3.00. The molecule has 108 valence electrons. The van der Waals surface area contributed by atoms with Crippen LogP contribution in [0.1, 0.15) is 50.9 Å². The molecule has 1 aromatic rings. The summed E-state index contributed by atoms with van der Waals surface area (Å²) in [5, 5.41) is 15.1. The van der Waals surface area contributed by atoms with Crippen molar-refractivity contribution >= 4 is 0 Å². The van der Waals surface area contributed by atoms with E-state index in [0.717, 1.165) is 50.8 Å². The Kier molecular flexibility index (Phi) is 4.63. The molecule has 1 aliphatic rings. The number of nitrogens with two attached hydrogens (primary N) is 1. The van der Waals surface area contributed by atoms with E-state index in [1.54, 1.807) is 0 Å². The number of hydrogen-bond donors (Lipinski definition) is 2. The molecule has 0 bridgehead atoms. The summed E-state index contributed by atoms with van der Waals surface area (Å²) >= 11 is 0. The van der Waals surface area contributed by atoms with Gasteiger partial charge in [-0.3, -0.25) is 4.68 Å². The Morgan fingerprint density at radius 2 is 2.26 bits per heavy atom. The molecule has 19 heavy (non-hydrogen) atoms. The number of aromatic nitrogens is 2. The maximum atomic E-state index is 10.5. The van der Waals surface area contributed by atoms with Crippen LogP contribution in [-0.2, 0) is 19.4 Å². The Morgan fingerprint density at radius 1 is 1.47 bits per heavy atom. The molecule has 1 aliphatic carbocycles. The molecule has 0 saturated heterocycles. The summed E-state index contributed by atoms with van der Waals surface area (Å²) in [6.45, 7) is 5.59. The van der Waals surface area contributed by atoms with Gasteiger partial charge in [-0.15, -0.1) is 0 Å². The number of hydrogen-bond acceptors (Lipinski definition) is 3. The quantitative estimate of drug-likeness (QED) is 0.825. The Labute approximate surface area is 116 Å². The van der Waals surface area contributed by atoms with Crippen LogP contribution in [0.4, 0.5) is 0 Å². The largest absolute Gasteiger partial charge is 0.388 e. The lowest BCUT2D eigenvalue weighted by atomic mass is 9.88. The minimum atomic E-state index is -0.632. The molecule has 1 saturated carbocycles. The summed E-state index contributed by atoms with van der Waals surface area (Å²) in [5.41, 5.74) is 7.57. The van der Waals surface area contributed by atoms with E-state index in [0.29, 0.717) is 12.5 Å². The maximum absolute atomic E-state index is 10.5. The predicted molar refractivity (Wildman–Crippen MR) is 76.9 cm³/mol. The molecule has 0 aliphatic heterocycles. The van der Waals surface area contributed by atoms with Gasteiger partial charge in [-0.05, 0) is 44.1 Å². The first-order valence-electron chi connectivity index (χ1n) is 7.61. The molecule has 0 aromatic carbocycles. The summed E-state index contributed by atoms with van der Waals surface area (Å²) in [6.07, 6.45) is 6.02. The Balaban J connectivity index is 2.00. The van der Waals surface area contributed by atoms with E-state index in [9.17, 15) is 5.11 Å². The van der Waals surface area contributed by atoms with Crippen LogP contribution in [-0.4, -0.2) is 27.0 Å². The second-order valence-electron chi connectivity index (χ2n) is 5.74. The highest BCUT2D eigenvalue weighted by atomic mass is 16.3. The van der Waals surface area contributed by atoms with E-state index >= 15 is 0 Å². The van der Waals surface area contributed by atoms with E-state index in [4.69, 9.17) is 5.73 Å². The van der Waals surface area contributed by atoms with E-state index < -0.39 is 5.60 Å². The van der Waals surface area contributed by atoms with Crippen LogP contribution in [0.5, 0.6) is 0 Å². The van der Waals surface area contributed by atoms with Gasteiger partial charge in [0.05, 0.1) is 11.3 Å². The van der Waals surface area contributed by atoms with Crippen molar-refractivity contribution in [2.24, 2.45) is 11.7 Å². The fourth-order valence-corrected chi connectivity index (χ4v) is 3.25. The highest BCUT2D eigenvalue weighted by Gasteiger charge is 2.39. The Bertz CT molecular complexity index is 416. The zero-order valence-corrected chi connectivity index (χ0v) is 12.2. The second kappa shape index (κ2) is 6.06. The molecule has 1 heterocycles. The molecule has 1 fully saturated rings. The van der Waals surface area contributed by atoms with Gasteiger partial charge < -0.3 is 10.8 Å². The standard InChI is InChI=1S/C15H27N3O/c1-3-13-10-14(4-2)18(17-13)9-7-12-6-5-8-15(12,19)11-16/h10,12,19H,3-9,11,16H2,1-2H3. The second-order valence-corrected chi connectivity index (χ2v) is 5.74. The van der Waals surface area contributed by atoms with Crippen molar-refractivity contribution in [3.05, 3.63) is 17.5 Å². The van der Waals surface area contributed by atoms with Crippen LogP contribution in [0.3, 0.4) is 0 Å². The molecule has 1 aromatic heterocycles. The van der Waals surface area contributed by atoms with Crippen molar-refractivity contribution in [2.45, 2.75) is 64.5 Å². The van der Waals surface area contributed by atoms with Gasteiger partial charge in [0.15, 0.2) is 0 Å². The van der Waals surface area contributed by atoms with E-state index in [2.05, 4.69) is 29.7 Å². The van der Waals surface area contributed by atoms with E-state index in [1.807, 2.05) is 0 Å². The molecule has 0 amide bonds. The third-order valence-corrected chi connectivity index (χ3v) is 4.60. The average Bonchev–Trinajstić information content (AvgIpc) is 3.00. The van der Waals surface area contributed by atoms with Crippen molar-refractivity contribution in [3.8, 4) is 0 Å². The topological polar surface area (TPSA) is 64.1 Å². The smallest absolute Gasteiger partial charge is 0.0798 e. The van der Waals surface area contributed by atoms with Gasteiger partial charge in [-0.25, -0.2) is 0 Å². The zero-order valence-electron chi connectivity index (χ0n) is 12.2. The van der Waals surface area contributed by atoms with Gasteiger partial charge in [-0.2, -0.15) is 5.10 Å². The molecule has 0 radical (unpaired) electrons. The number of rotatable bonds is 6. The highest BCUT2D eigenvalue weighted by Crippen LogP contribution is 2.37.